The third kappa shape index (κ3) is 3.63. The van der Waals surface area contributed by atoms with Crippen molar-refractivity contribution in [2.45, 2.75) is 6.92 Å². The van der Waals surface area contributed by atoms with Gasteiger partial charge in [0.15, 0.2) is 0 Å². The highest BCUT2D eigenvalue weighted by Crippen LogP contribution is 2.10. The second-order valence-corrected chi connectivity index (χ2v) is 2.89. The average molecular weight is 209 g/mol. The van der Waals surface area contributed by atoms with Crippen LogP contribution in [0.2, 0.25) is 0 Å². The second-order valence-electron chi connectivity index (χ2n) is 2.89. The summed E-state index contributed by atoms with van der Waals surface area (Å²) in [5.74, 6) is -1.09. The Morgan fingerprint density at radius 2 is 2.27 bits per heavy atom. The maximum absolute atomic E-state index is 11.2. The number of carboxylic acid groups (broad SMARTS) is 1. The molecule has 0 aliphatic carbocycles. The topological polar surface area (TPSA) is 91.3 Å². The Morgan fingerprint density at radius 1 is 1.53 bits per heavy atom. The van der Waals surface area contributed by atoms with Gasteiger partial charge in [-0.2, -0.15) is 0 Å². The molecule has 6 heteroatoms. The van der Waals surface area contributed by atoms with Gasteiger partial charge in [0.05, 0.1) is 11.9 Å². The zero-order valence-electron chi connectivity index (χ0n) is 8.15. The first kappa shape index (κ1) is 11.0. The summed E-state index contributed by atoms with van der Waals surface area (Å²) in [5.41, 5.74) is 1.41. The summed E-state index contributed by atoms with van der Waals surface area (Å²) in [5, 5.41) is 13.0. The molecule has 2 amide bonds. The first-order valence-electron chi connectivity index (χ1n) is 4.27. The van der Waals surface area contributed by atoms with Crippen LogP contribution in [-0.2, 0) is 4.79 Å². The van der Waals surface area contributed by atoms with E-state index in [1.54, 1.807) is 12.3 Å². The van der Waals surface area contributed by atoms with Gasteiger partial charge in [-0.25, -0.2) is 4.79 Å². The number of rotatable bonds is 3. The van der Waals surface area contributed by atoms with Crippen molar-refractivity contribution in [3.63, 3.8) is 0 Å². The molecule has 0 saturated heterocycles. The summed E-state index contributed by atoms with van der Waals surface area (Å²) >= 11 is 0. The molecule has 1 rings (SSSR count). The predicted octanol–water partition coefficient (Wildman–Crippen LogP) is 0.596. The number of nitrogens with zero attached hydrogens (tertiary/aromatic N) is 1. The molecule has 0 aromatic carbocycles. The first-order chi connectivity index (χ1) is 7.09. The number of pyridine rings is 1. The van der Waals surface area contributed by atoms with E-state index in [0.29, 0.717) is 5.69 Å². The van der Waals surface area contributed by atoms with E-state index in [1.165, 1.54) is 6.20 Å². The Bertz CT molecular complexity index is 379. The van der Waals surface area contributed by atoms with E-state index in [1.807, 2.05) is 6.92 Å². The monoisotopic (exact) mass is 209 g/mol. The van der Waals surface area contributed by atoms with Gasteiger partial charge >= 0.3 is 12.0 Å². The number of hydrogen-bond donors (Lipinski definition) is 3. The standard InChI is InChI=1S/C9H11N3O3/c1-6-2-3-10-4-7(6)12-9(15)11-5-8(13)14/h2-4H,5H2,1H3,(H,13,14)(H2,11,12,15). The lowest BCUT2D eigenvalue weighted by atomic mass is 10.2. The number of nitrogens with one attached hydrogen (secondary N) is 2. The fourth-order valence-corrected chi connectivity index (χ4v) is 0.917. The fourth-order valence-electron chi connectivity index (χ4n) is 0.917. The molecule has 6 nitrogen and oxygen atoms in total. The van der Waals surface area contributed by atoms with Crippen LogP contribution < -0.4 is 10.6 Å². The predicted molar refractivity (Wildman–Crippen MR) is 53.6 cm³/mol. The van der Waals surface area contributed by atoms with Crippen molar-refractivity contribution in [1.82, 2.24) is 10.3 Å². The van der Waals surface area contributed by atoms with Crippen molar-refractivity contribution in [3.05, 3.63) is 24.0 Å². The summed E-state index contributed by atoms with van der Waals surface area (Å²) in [4.78, 5) is 25.2. The number of urea groups is 1. The Balaban J connectivity index is 2.52. The van der Waals surface area contributed by atoms with E-state index in [9.17, 15) is 9.59 Å². The number of aliphatic carboxylic acids is 1. The molecule has 3 N–H and O–H groups in total. The smallest absolute Gasteiger partial charge is 0.323 e. The molecule has 1 heterocycles. The molecule has 80 valence electrons. The molecule has 0 aliphatic heterocycles. The number of aryl methyl sites for hydroxylation is 1. The number of aromatic nitrogens is 1. The summed E-state index contributed by atoms with van der Waals surface area (Å²) < 4.78 is 0. The molecule has 0 radical (unpaired) electrons. The van der Waals surface area contributed by atoms with E-state index in [-0.39, 0.29) is 0 Å². The molecule has 1 aromatic heterocycles. The van der Waals surface area contributed by atoms with Crippen LogP contribution in [-0.4, -0.2) is 28.6 Å². The second kappa shape index (κ2) is 4.94. The van der Waals surface area contributed by atoms with Gasteiger partial charge in [0.25, 0.3) is 0 Å². The molecule has 0 saturated carbocycles. The third-order valence-electron chi connectivity index (χ3n) is 1.69. The minimum absolute atomic E-state index is 0.412. The first-order valence-corrected chi connectivity index (χ1v) is 4.27. The lowest BCUT2D eigenvalue weighted by molar-refractivity contribution is -0.135. The number of carboxylic acids is 1. The molecular weight excluding hydrogens is 198 g/mol. The Morgan fingerprint density at radius 3 is 2.87 bits per heavy atom. The van der Waals surface area contributed by atoms with Crippen molar-refractivity contribution in [3.8, 4) is 0 Å². The van der Waals surface area contributed by atoms with Crippen LogP contribution in [0, 0.1) is 6.92 Å². The summed E-state index contributed by atoms with van der Waals surface area (Å²) in [6.45, 7) is 1.40. The van der Waals surface area contributed by atoms with Crippen molar-refractivity contribution in [2.24, 2.45) is 0 Å². The van der Waals surface area contributed by atoms with Crippen molar-refractivity contribution >= 4 is 17.7 Å². The van der Waals surface area contributed by atoms with Crippen LogP contribution >= 0.6 is 0 Å². The maximum Gasteiger partial charge on any atom is 0.323 e. The minimum Gasteiger partial charge on any atom is -0.480 e. The van der Waals surface area contributed by atoms with E-state index < -0.39 is 18.5 Å². The number of hydrogen-bond acceptors (Lipinski definition) is 3. The zero-order valence-corrected chi connectivity index (χ0v) is 8.15. The fraction of sp³-hybridized carbons (Fsp3) is 0.222. The average Bonchev–Trinajstić information content (AvgIpc) is 2.18. The lowest BCUT2D eigenvalue weighted by Crippen LogP contribution is -2.33. The molecule has 0 aliphatic rings. The zero-order chi connectivity index (χ0) is 11.3. The van der Waals surface area contributed by atoms with E-state index in [2.05, 4.69) is 15.6 Å². The molecule has 0 atom stereocenters. The molecule has 0 unspecified atom stereocenters. The van der Waals surface area contributed by atoms with Gasteiger partial charge < -0.3 is 15.7 Å². The van der Waals surface area contributed by atoms with Crippen LogP contribution in [0.5, 0.6) is 0 Å². The highest BCUT2D eigenvalue weighted by Gasteiger charge is 2.05. The number of carbonyl (C=O) groups is 2. The van der Waals surface area contributed by atoms with Crippen LogP contribution in [0.25, 0.3) is 0 Å². The number of anilines is 1. The van der Waals surface area contributed by atoms with Crippen molar-refractivity contribution in [2.75, 3.05) is 11.9 Å². The molecule has 0 spiro atoms. The van der Waals surface area contributed by atoms with Gasteiger partial charge in [0, 0.05) is 6.20 Å². The minimum atomic E-state index is -1.09. The highest BCUT2D eigenvalue weighted by molar-refractivity contribution is 5.91. The Labute approximate surface area is 86.3 Å². The van der Waals surface area contributed by atoms with Crippen LogP contribution in [0.3, 0.4) is 0 Å². The summed E-state index contributed by atoms with van der Waals surface area (Å²) in [7, 11) is 0. The molecule has 0 bridgehead atoms. The Kier molecular flexibility index (Phi) is 3.61. The summed E-state index contributed by atoms with van der Waals surface area (Å²) in [6, 6.07) is 1.18. The summed E-state index contributed by atoms with van der Waals surface area (Å²) in [6.07, 6.45) is 3.10. The van der Waals surface area contributed by atoms with E-state index in [4.69, 9.17) is 5.11 Å². The Hall–Kier alpha value is -2.11. The maximum atomic E-state index is 11.2. The quantitative estimate of drug-likeness (QED) is 0.679. The largest absolute Gasteiger partial charge is 0.480 e. The normalized spacial score (nSPS) is 9.40. The third-order valence-corrected chi connectivity index (χ3v) is 1.69. The van der Waals surface area contributed by atoms with Crippen molar-refractivity contribution in [1.29, 1.82) is 0 Å². The van der Waals surface area contributed by atoms with Gasteiger partial charge in [0.2, 0.25) is 0 Å². The molecular formula is C9H11N3O3. The van der Waals surface area contributed by atoms with Crippen LogP contribution in [0.15, 0.2) is 18.5 Å². The number of carbonyl (C=O) groups excluding carboxylic acids is 1. The molecule has 0 fully saturated rings. The van der Waals surface area contributed by atoms with Gasteiger partial charge in [-0.3, -0.25) is 9.78 Å². The van der Waals surface area contributed by atoms with Crippen molar-refractivity contribution < 1.29 is 14.7 Å². The van der Waals surface area contributed by atoms with Gasteiger partial charge in [-0.1, -0.05) is 0 Å². The molecule has 15 heavy (non-hydrogen) atoms. The van der Waals surface area contributed by atoms with Crippen LogP contribution in [0.1, 0.15) is 5.56 Å². The van der Waals surface area contributed by atoms with Gasteiger partial charge in [-0.05, 0) is 18.6 Å². The van der Waals surface area contributed by atoms with E-state index >= 15 is 0 Å². The lowest BCUT2D eigenvalue weighted by Gasteiger charge is -2.07. The molecule has 1 aromatic rings. The number of amides is 2. The van der Waals surface area contributed by atoms with Crippen LogP contribution in [0.4, 0.5) is 10.5 Å². The van der Waals surface area contributed by atoms with Gasteiger partial charge in [-0.15, -0.1) is 0 Å². The highest BCUT2D eigenvalue weighted by atomic mass is 16.4. The van der Waals surface area contributed by atoms with Gasteiger partial charge in [0.1, 0.15) is 6.54 Å². The SMILES string of the molecule is Cc1ccncc1NC(=O)NCC(=O)O. The van der Waals surface area contributed by atoms with E-state index in [0.717, 1.165) is 5.56 Å².